The summed E-state index contributed by atoms with van der Waals surface area (Å²) in [6.45, 7) is -0.602. The summed E-state index contributed by atoms with van der Waals surface area (Å²) in [5, 5.41) is 10.7. The van der Waals surface area contributed by atoms with E-state index in [1.165, 1.54) is 12.3 Å². The van der Waals surface area contributed by atoms with Crippen molar-refractivity contribution in [3.05, 3.63) is 45.0 Å². The Hall–Kier alpha value is -2.41. The van der Waals surface area contributed by atoms with E-state index >= 15 is 0 Å². The first kappa shape index (κ1) is 15.5. The Morgan fingerprint density at radius 2 is 2.09 bits per heavy atom. The van der Waals surface area contributed by atoms with E-state index in [4.69, 9.17) is 16.7 Å². The van der Waals surface area contributed by atoms with E-state index in [0.717, 1.165) is 18.9 Å². The average Bonchev–Trinajstić information content (AvgIpc) is 3.32. The minimum Gasteiger partial charge on any atom is -0.480 e. The second-order valence-electron chi connectivity index (χ2n) is 5.37. The van der Waals surface area contributed by atoms with Crippen LogP contribution >= 0.6 is 11.6 Å². The Balaban J connectivity index is 2.17. The summed E-state index contributed by atoms with van der Waals surface area (Å²) in [4.78, 5) is 35.0. The number of fused-ring (bicyclic) bond motifs is 1. The van der Waals surface area contributed by atoms with Gasteiger partial charge in [0.05, 0.1) is 10.5 Å². The maximum Gasteiger partial charge on any atom is 0.322 e. The molecule has 1 saturated carbocycles. The number of carbonyl (C=O) groups is 2. The van der Waals surface area contributed by atoms with Crippen LogP contribution in [0.2, 0.25) is 5.02 Å². The van der Waals surface area contributed by atoms with Crippen LogP contribution in [0.25, 0.3) is 10.9 Å². The van der Waals surface area contributed by atoms with E-state index in [1.54, 1.807) is 4.57 Å². The molecule has 120 valence electrons. The predicted molar refractivity (Wildman–Crippen MR) is 81.4 cm³/mol. The number of halogens is 2. The number of nitrogens with zero attached hydrogens (tertiary/aromatic N) is 1. The van der Waals surface area contributed by atoms with Gasteiger partial charge in [-0.3, -0.25) is 14.4 Å². The maximum absolute atomic E-state index is 13.7. The number of carboxylic acid groups (broad SMARTS) is 1. The van der Waals surface area contributed by atoms with Gasteiger partial charge in [-0.05, 0) is 25.0 Å². The molecule has 2 N–H and O–H groups in total. The molecule has 1 fully saturated rings. The van der Waals surface area contributed by atoms with Crippen LogP contribution in [0.3, 0.4) is 0 Å². The predicted octanol–water partition coefficient (Wildman–Crippen LogP) is 1.94. The third-order valence-corrected chi connectivity index (χ3v) is 3.95. The molecule has 1 aliphatic rings. The molecule has 1 aromatic heterocycles. The Labute approximate surface area is 134 Å². The molecule has 0 aliphatic heterocycles. The van der Waals surface area contributed by atoms with E-state index in [1.807, 2.05) is 0 Å². The lowest BCUT2D eigenvalue weighted by Gasteiger charge is -2.13. The van der Waals surface area contributed by atoms with Gasteiger partial charge in [0, 0.05) is 17.6 Å². The van der Waals surface area contributed by atoms with Gasteiger partial charge in [0.15, 0.2) is 0 Å². The van der Waals surface area contributed by atoms with Crippen LogP contribution in [-0.2, 0) is 4.79 Å². The molecule has 1 aromatic carbocycles. The van der Waals surface area contributed by atoms with Crippen LogP contribution in [0.4, 0.5) is 4.39 Å². The van der Waals surface area contributed by atoms with Gasteiger partial charge in [-0.2, -0.15) is 0 Å². The fraction of sp³-hybridized carbons (Fsp3) is 0.267. The van der Waals surface area contributed by atoms with E-state index in [2.05, 4.69) is 5.32 Å². The molecule has 0 radical (unpaired) electrons. The first-order chi connectivity index (χ1) is 10.9. The highest BCUT2D eigenvalue weighted by Crippen LogP contribution is 2.37. The highest BCUT2D eigenvalue weighted by molar-refractivity contribution is 6.31. The van der Waals surface area contributed by atoms with Crippen molar-refractivity contribution in [1.82, 2.24) is 9.88 Å². The number of amides is 1. The van der Waals surface area contributed by atoms with Crippen LogP contribution in [0.5, 0.6) is 0 Å². The molecule has 0 saturated heterocycles. The van der Waals surface area contributed by atoms with Crippen LogP contribution in [0.15, 0.2) is 23.1 Å². The molecular formula is C15H12ClFN2O4. The number of rotatable bonds is 4. The molecule has 0 atom stereocenters. The van der Waals surface area contributed by atoms with Crippen LogP contribution < -0.4 is 10.7 Å². The van der Waals surface area contributed by atoms with Gasteiger partial charge >= 0.3 is 5.97 Å². The minimum atomic E-state index is -1.22. The quantitative estimate of drug-likeness (QED) is 0.891. The summed E-state index contributed by atoms with van der Waals surface area (Å²) in [5.41, 5.74) is -0.415. The molecule has 0 spiro atoms. The second kappa shape index (κ2) is 5.66. The third kappa shape index (κ3) is 2.92. The topological polar surface area (TPSA) is 88.4 Å². The molecule has 8 heteroatoms. The SMILES string of the molecule is O=C(O)CNC(=O)c1cn(C2CC2)c2cc(Cl)c(F)cc2c1=O. The summed E-state index contributed by atoms with van der Waals surface area (Å²) >= 11 is 5.79. The Morgan fingerprint density at radius 1 is 1.39 bits per heavy atom. The van der Waals surface area contributed by atoms with Gasteiger partial charge in [0.1, 0.15) is 17.9 Å². The highest BCUT2D eigenvalue weighted by Gasteiger charge is 2.27. The fourth-order valence-electron chi connectivity index (χ4n) is 2.41. The first-order valence-corrected chi connectivity index (χ1v) is 7.30. The van der Waals surface area contributed by atoms with Gasteiger partial charge in [0.25, 0.3) is 5.91 Å². The zero-order chi connectivity index (χ0) is 16.7. The Kier molecular flexibility index (Phi) is 3.81. The Bertz CT molecular complexity index is 889. The number of nitrogens with one attached hydrogen (secondary N) is 1. The normalized spacial score (nSPS) is 14.0. The Morgan fingerprint density at radius 3 is 2.70 bits per heavy atom. The van der Waals surface area contributed by atoms with Crippen molar-refractivity contribution >= 4 is 34.4 Å². The largest absolute Gasteiger partial charge is 0.480 e. The van der Waals surface area contributed by atoms with Gasteiger partial charge < -0.3 is 15.0 Å². The van der Waals surface area contributed by atoms with Crippen LogP contribution in [-0.4, -0.2) is 28.1 Å². The molecular weight excluding hydrogens is 327 g/mol. The molecule has 2 aromatic rings. The molecule has 6 nitrogen and oxygen atoms in total. The third-order valence-electron chi connectivity index (χ3n) is 3.66. The lowest BCUT2D eigenvalue weighted by atomic mass is 10.1. The average molecular weight is 339 g/mol. The molecule has 0 bridgehead atoms. The lowest BCUT2D eigenvalue weighted by Crippen LogP contribution is -2.33. The summed E-state index contributed by atoms with van der Waals surface area (Å²) in [7, 11) is 0. The summed E-state index contributed by atoms with van der Waals surface area (Å²) < 4.78 is 15.4. The number of carbonyl (C=O) groups excluding carboxylic acids is 1. The maximum atomic E-state index is 13.7. The molecule has 1 amide bonds. The van der Waals surface area contributed by atoms with Crippen molar-refractivity contribution < 1.29 is 19.1 Å². The van der Waals surface area contributed by atoms with Crippen LogP contribution in [0, 0.1) is 5.82 Å². The monoisotopic (exact) mass is 338 g/mol. The number of carboxylic acids is 1. The highest BCUT2D eigenvalue weighted by atomic mass is 35.5. The zero-order valence-electron chi connectivity index (χ0n) is 11.8. The number of hydrogen-bond donors (Lipinski definition) is 2. The van der Waals surface area contributed by atoms with Crippen molar-refractivity contribution in [3.63, 3.8) is 0 Å². The zero-order valence-corrected chi connectivity index (χ0v) is 12.6. The number of aromatic nitrogens is 1. The van der Waals surface area contributed by atoms with E-state index in [9.17, 15) is 18.8 Å². The van der Waals surface area contributed by atoms with Crippen molar-refractivity contribution in [2.75, 3.05) is 6.54 Å². The summed E-state index contributed by atoms with van der Waals surface area (Å²) in [6.07, 6.45) is 3.14. The van der Waals surface area contributed by atoms with Crippen molar-refractivity contribution in [1.29, 1.82) is 0 Å². The van der Waals surface area contributed by atoms with E-state index in [0.29, 0.717) is 5.52 Å². The number of benzene rings is 1. The van der Waals surface area contributed by atoms with Gasteiger partial charge in [-0.15, -0.1) is 0 Å². The summed E-state index contributed by atoms with van der Waals surface area (Å²) in [6, 6.07) is 2.49. The standard InChI is InChI=1S/C15H12ClFN2O4/c16-10-4-12-8(3-11(10)17)14(22)9(6-19(12)7-1-2-7)15(23)18-5-13(20)21/h3-4,6-7H,1-2,5H2,(H,18,23)(H,20,21). The minimum absolute atomic E-state index is 0.0433. The summed E-state index contributed by atoms with van der Waals surface area (Å²) in [5.74, 6) is -2.77. The van der Waals surface area contributed by atoms with Gasteiger partial charge in [-0.1, -0.05) is 11.6 Å². The van der Waals surface area contributed by atoms with Gasteiger partial charge in [-0.25, -0.2) is 4.39 Å². The molecule has 1 heterocycles. The smallest absolute Gasteiger partial charge is 0.322 e. The number of pyridine rings is 1. The van der Waals surface area contributed by atoms with Crippen molar-refractivity contribution in [2.24, 2.45) is 0 Å². The van der Waals surface area contributed by atoms with Gasteiger partial charge in [0.2, 0.25) is 5.43 Å². The lowest BCUT2D eigenvalue weighted by molar-refractivity contribution is -0.135. The first-order valence-electron chi connectivity index (χ1n) is 6.92. The second-order valence-corrected chi connectivity index (χ2v) is 5.78. The molecule has 23 heavy (non-hydrogen) atoms. The molecule has 1 aliphatic carbocycles. The fourth-order valence-corrected chi connectivity index (χ4v) is 2.57. The van der Waals surface area contributed by atoms with E-state index < -0.39 is 29.7 Å². The number of aliphatic carboxylic acids is 1. The van der Waals surface area contributed by atoms with Crippen molar-refractivity contribution in [2.45, 2.75) is 18.9 Å². The van der Waals surface area contributed by atoms with Crippen molar-refractivity contribution in [3.8, 4) is 0 Å². The molecule has 3 rings (SSSR count). The van der Waals surface area contributed by atoms with Crippen LogP contribution in [0.1, 0.15) is 29.2 Å². The number of hydrogen-bond acceptors (Lipinski definition) is 3. The molecule has 0 unspecified atom stereocenters. The van der Waals surface area contributed by atoms with E-state index in [-0.39, 0.29) is 22.0 Å².